The van der Waals surface area contributed by atoms with Crippen molar-refractivity contribution in [2.75, 3.05) is 33.4 Å². The normalized spacial score (nSPS) is 17.9. The van der Waals surface area contributed by atoms with Gasteiger partial charge in [0.05, 0.1) is 19.3 Å². The number of ether oxygens (including phenoxy) is 2. The molecule has 3 heterocycles. The molecular formula is C24H32N2O5S2. The fourth-order valence-corrected chi connectivity index (χ4v) is 8.21. The predicted octanol–water partition coefficient (Wildman–Crippen LogP) is 4.06. The number of hydrogen-bond donors (Lipinski definition) is 0. The topological polar surface area (TPSA) is 76.2 Å². The highest BCUT2D eigenvalue weighted by molar-refractivity contribution is 7.91. The molecule has 2 aliphatic heterocycles. The van der Waals surface area contributed by atoms with Gasteiger partial charge in [-0.3, -0.25) is 4.90 Å². The smallest absolute Gasteiger partial charge is 0.340 e. The molecule has 0 atom stereocenters. The lowest BCUT2D eigenvalue weighted by molar-refractivity contribution is 0.0595. The summed E-state index contributed by atoms with van der Waals surface area (Å²) < 4.78 is 39.7. The van der Waals surface area contributed by atoms with Gasteiger partial charge in [-0.25, -0.2) is 13.2 Å². The average Bonchev–Trinajstić information content (AvgIpc) is 2.99. The van der Waals surface area contributed by atoms with Crippen LogP contribution in [-0.2, 0) is 34.3 Å². The van der Waals surface area contributed by atoms with Crippen molar-refractivity contribution in [1.29, 1.82) is 0 Å². The minimum atomic E-state index is -3.74. The van der Waals surface area contributed by atoms with E-state index in [2.05, 4.69) is 11.0 Å². The number of rotatable bonds is 7. The molecule has 0 amide bonds. The minimum absolute atomic E-state index is 0.151. The van der Waals surface area contributed by atoms with E-state index in [9.17, 15) is 13.2 Å². The Morgan fingerprint density at radius 3 is 2.52 bits per heavy atom. The Balaban J connectivity index is 1.64. The number of methoxy groups -OCH3 is 1. The average molecular weight is 493 g/mol. The molecule has 1 fully saturated rings. The van der Waals surface area contributed by atoms with E-state index in [1.165, 1.54) is 18.4 Å². The lowest BCUT2D eigenvalue weighted by Gasteiger charge is -2.27. The number of para-hydroxylation sites is 1. The first-order chi connectivity index (χ1) is 16.0. The molecule has 4 rings (SSSR count). The summed E-state index contributed by atoms with van der Waals surface area (Å²) in [5, 5.41) is 0. The summed E-state index contributed by atoms with van der Waals surface area (Å²) in [6.07, 6.45) is 4.39. The predicted molar refractivity (Wildman–Crippen MR) is 128 cm³/mol. The van der Waals surface area contributed by atoms with Crippen LogP contribution in [0.3, 0.4) is 0 Å². The Morgan fingerprint density at radius 2 is 1.82 bits per heavy atom. The van der Waals surface area contributed by atoms with Crippen LogP contribution in [-0.4, -0.2) is 56.9 Å². The van der Waals surface area contributed by atoms with Crippen molar-refractivity contribution < 1.29 is 22.7 Å². The van der Waals surface area contributed by atoms with E-state index in [-0.39, 0.29) is 9.77 Å². The quantitative estimate of drug-likeness (QED) is 0.543. The molecule has 0 unspecified atom stereocenters. The molecule has 0 spiro atoms. The minimum Gasteiger partial charge on any atom is -0.494 e. The monoisotopic (exact) mass is 492 g/mol. The van der Waals surface area contributed by atoms with Crippen LogP contribution in [0.25, 0.3) is 0 Å². The van der Waals surface area contributed by atoms with Crippen LogP contribution < -0.4 is 4.74 Å². The van der Waals surface area contributed by atoms with Crippen molar-refractivity contribution in [3.63, 3.8) is 0 Å². The van der Waals surface area contributed by atoms with Crippen LogP contribution in [0.4, 0.5) is 0 Å². The molecule has 33 heavy (non-hydrogen) atoms. The van der Waals surface area contributed by atoms with Gasteiger partial charge in [0.2, 0.25) is 0 Å². The first-order valence-corrected chi connectivity index (χ1v) is 13.9. The van der Waals surface area contributed by atoms with Gasteiger partial charge in [0.25, 0.3) is 10.0 Å². The molecule has 1 aromatic heterocycles. The number of fused-ring (bicyclic) bond motifs is 1. The fourth-order valence-electron chi connectivity index (χ4n) is 4.63. The molecule has 2 aromatic rings. The standard InChI is InChI=1S/C24H32N2O5S2/c1-3-31-20-11-7-6-10-18(20)16-25-15-12-19-21(17-25)32-24(22(19)23(27)30-2)33(28,29)26-13-8-4-5-9-14-26/h6-7,10-11H,3-5,8-9,12-17H2,1-2H3. The Labute approximate surface area is 200 Å². The Bertz CT molecular complexity index is 1090. The third-order valence-corrected chi connectivity index (χ3v) is 9.91. The maximum Gasteiger partial charge on any atom is 0.340 e. The second-order valence-corrected chi connectivity index (χ2v) is 11.7. The van der Waals surface area contributed by atoms with Gasteiger partial charge >= 0.3 is 5.97 Å². The zero-order valence-electron chi connectivity index (χ0n) is 19.3. The number of carbonyl (C=O) groups excluding carboxylic acids is 1. The molecule has 0 bridgehead atoms. The summed E-state index contributed by atoms with van der Waals surface area (Å²) in [5.41, 5.74) is 2.18. The van der Waals surface area contributed by atoms with Crippen molar-refractivity contribution in [1.82, 2.24) is 9.21 Å². The summed E-state index contributed by atoms with van der Waals surface area (Å²) in [6.45, 7) is 5.62. The summed E-state index contributed by atoms with van der Waals surface area (Å²) in [4.78, 5) is 15.9. The molecule has 9 heteroatoms. The Kier molecular flexibility index (Phi) is 7.73. The molecule has 0 N–H and O–H groups in total. The van der Waals surface area contributed by atoms with Crippen molar-refractivity contribution in [3.8, 4) is 5.75 Å². The van der Waals surface area contributed by atoms with E-state index in [1.807, 2.05) is 25.1 Å². The SMILES string of the molecule is CCOc1ccccc1CN1CCc2c(sc(S(=O)(=O)N3CCCCCC3)c2C(=O)OC)C1. The second kappa shape index (κ2) is 10.5. The van der Waals surface area contributed by atoms with Crippen molar-refractivity contribution in [3.05, 3.63) is 45.8 Å². The van der Waals surface area contributed by atoms with Crippen molar-refractivity contribution >= 4 is 27.3 Å². The number of hydrogen-bond acceptors (Lipinski definition) is 7. The number of esters is 1. The Morgan fingerprint density at radius 1 is 1.09 bits per heavy atom. The zero-order chi connectivity index (χ0) is 23.4. The third kappa shape index (κ3) is 5.11. The first kappa shape index (κ1) is 24.2. The maximum absolute atomic E-state index is 13.6. The summed E-state index contributed by atoms with van der Waals surface area (Å²) in [5.74, 6) is 0.313. The summed E-state index contributed by atoms with van der Waals surface area (Å²) in [6, 6.07) is 7.99. The highest BCUT2D eigenvalue weighted by atomic mass is 32.2. The van der Waals surface area contributed by atoms with E-state index in [0.29, 0.717) is 39.2 Å². The summed E-state index contributed by atoms with van der Waals surface area (Å²) >= 11 is 1.24. The molecular weight excluding hydrogens is 460 g/mol. The zero-order valence-corrected chi connectivity index (χ0v) is 21.0. The van der Waals surface area contributed by atoms with Crippen molar-refractivity contribution in [2.45, 2.75) is 56.3 Å². The highest BCUT2D eigenvalue weighted by Gasteiger charge is 2.37. The maximum atomic E-state index is 13.6. The molecule has 1 saturated heterocycles. The highest BCUT2D eigenvalue weighted by Crippen LogP contribution is 2.39. The van der Waals surface area contributed by atoms with Gasteiger partial charge in [-0.15, -0.1) is 11.3 Å². The van der Waals surface area contributed by atoms with E-state index in [0.717, 1.165) is 54.0 Å². The lowest BCUT2D eigenvalue weighted by Crippen LogP contribution is -2.32. The first-order valence-electron chi connectivity index (χ1n) is 11.6. The van der Waals surface area contributed by atoms with Gasteiger partial charge in [-0.1, -0.05) is 31.0 Å². The summed E-state index contributed by atoms with van der Waals surface area (Å²) in [7, 11) is -2.43. The van der Waals surface area contributed by atoms with E-state index in [1.54, 1.807) is 4.31 Å². The molecule has 0 radical (unpaired) electrons. The van der Waals surface area contributed by atoms with E-state index >= 15 is 0 Å². The van der Waals surface area contributed by atoms with E-state index < -0.39 is 16.0 Å². The fraction of sp³-hybridized carbons (Fsp3) is 0.542. The molecule has 0 aliphatic carbocycles. The van der Waals surface area contributed by atoms with Crippen LogP contribution in [0.15, 0.2) is 28.5 Å². The van der Waals surface area contributed by atoms with Gasteiger partial charge in [0, 0.05) is 43.2 Å². The van der Waals surface area contributed by atoms with Gasteiger partial charge in [0.15, 0.2) is 0 Å². The van der Waals surface area contributed by atoms with Crippen LogP contribution in [0.2, 0.25) is 0 Å². The second-order valence-electron chi connectivity index (χ2n) is 8.48. The number of sulfonamides is 1. The van der Waals surface area contributed by atoms with Gasteiger partial charge < -0.3 is 9.47 Å². The van der Waals surface area contributed by atoms with Crippen LogP contribution in [0.5, 0.6) is 5.75 Å². The molecule has 180 valence electrons. The number of nitrogens with zero attached hydrogens (tertiary/aromatic N) is 2. The van der Waals surface area contributed by atoms with Crippen LogP contribution in [0.1, 0.15) is 59.0 Å². The van der Waals surface area contributed by atoms with Gasteiger partial charge in [-0.2, -0.15) is 4.31 Å². The number of carbonyl (C=O) groups is 1. The van der Waals surface area contributed by atoms with Gasteiger partial charge in [0.1, 0.15) is 9.96 Å². The molecule has 0 saturated carbocycles. The Hall–Kier alpha value is -1.94. The number of benzene rings is 1. The van der Waals surface area contributed by atoms with E-state index in [4.69, 9.17) is 9.47 Å². The third-order valence-electron chi connectivity index (χ3n) is 6.30. The molecule has 1 aromatic carbocycles. The lowest BCUT2D eigenvalue weighted by atomic mass is 10.0. The largest absolute Gasteiger partial charge is 0.494 e. The van der Waals surface area contributed by atoms with Crippen LogP contribution in [0, 0.1) is 0 Å². The van der Waals surface area contributed by atoms with Gasteiger partial charge in [-0.05, 0) is 37.8 Å². The molecule has 7 nitrogen and oxygen atoms in total. The molecule has 2 aliphatic rings. The number of thiophene rings is 1. The van der Waals surface area contributed by atoms with Crippen LogP contribution >= 0.6 is 11.3 Å². The van der Waals surface area contributed by atoms with Crippen molar-refractivity contribution in [2.24, 2.45) is 0 Å².